The molecule has 0 aliphatic carbocycles. The van der Waals surface area contributed by atoms with Crippen molar-refractivity contribution in [3.63, 3.8) is 0 Å². The molecule has 1 amide bonds. The van der Waals surface area contributed by atoms with Crippen molar-refractivity contribution in [3.05, 3.63) is 36.3 Å². The van der Waals surface area contributed by atoms with Gasteiger partial charge in [-0.1, -0.05) is 26.2 Å². The zero-order chi connectivity index (χ0) is 17.4. The van der Waals surface area contributed by atoms with E-state index in [1.165, 1.54) is 6.42 Å². The Morgan fingerprint density at radius 1 is 1.25 bits per heavy atom. The standard InChI is InChI=1S/C18H25N3O3/c1-3-4-5-6-7-16(24-18(19)22)17-20-12-15(21-17)13-8-10-14(23-2)11-9-13/h8-12,16H,3-7H2,1-2H3,(H2,19,22)(H,20,21). The number of imidazole rings is 1. The van der Waals surface area contributed by atoms with Crippen LogP contribution in [0.4, 0.5) is 4.79 Å². The summed E-state index contributed by atoms with van der Waals surface area (Å²) in [6.45, 7) is 2.16. The molecule has 3 N–H and O–H groups in total. The molecule has 1 aromatic heterocycles. The number of nitrogens with one attached hydrogen (secondary N) is 1. The normalized spacial score (nSPS) is 11.9. The van der Waals surface area contributed by atoms with Crippen LogP contribution in [0.5, 0.6) is 5.75 Å². The minimum Gasteiger partial charge on any atom is -0.497 e. The first-order valence-corrected chi connectivity index (χ1v) is 8.29. The van der Waals surface area contributed by atoms with Gasteiger partial charge in [0.1, 0.15) is 11.6 Å². The molecule has 0 radical (unpaired) electrons. The molecule has 0 fully saturated rings. The maximum atomic E-state index is 11.2. The van der Waals surface area contributed by atoms with Crippen LogP contribution < -0.4 is 10.5 Å². The Morgan fingerprint density at radius 2 is 2.00 bits per heavy atom. The third-order valence-corrected chi connectivity index (χ3v) is 3.88. The zero-order valence-corrected chi connectivity index (χ0v) is 14.2. The molecule has 0 aliphatic heterocycles. The van der Waals surface area contributed by atoms with Gasteiger partial charge in [-0.15, -0.1) is 0 Å². The van der Waals surface area contributed by atoms with E-state index in [1.807, 2.05) is 24.3 Å². The Morgan fingerprint density at radius 3 is 2.62 bits per heavy atom. The molecule has 130 valence electrons. The molecule has 2 rings (SSSR count). The van der Waals surface area contributed by atoms with E-state index in [4.69, 9.17) is 15.2 Å². The molecule has 1 aromatic carbocycles. The number of hydrogen-bond acceptors (Lipinski definition) is 4. The highest BCUT2D eigenvalue weighted by molar-refractivity contribution is 5.65. The molecule has 0 spiro atoms. The number of ether oxygens (including phenoxy) is 2. The van der Waals surface area contributed by atoms with E-state index in [9.17, 15) is 4.79 Å². The number of nitrogens with two attached hydrogens (primary N) is 1. The molecule has 1 atom stereocenters. The summed E-state index contributed by atoms with van der Waals surface area (Å²) in [5.74, 6) is 1.42. The van der Waals surface area contributed by atoms with Crippen molar-refractivity contribution >= 4 is 6.09 Å². The molecule has 24 heavy (non-hydrogen) atoms. The van der Waals surface area contributed by atoms with Gasteiger partial charge in [-0.2, -0.15) is 0 Å². The summed E-state index contributed by atoms with van der Waals surface area (Å²) in [7, 11) is 1.63. The van der Waals surface area contributed by atoms with Crippen LogP contribution in [0.25, 0.3) is 11.3 Å². The lowest BCUT2D eigenvalue weighted by Gasteiger charge is -2.14. The SMILES string of the molecule is CCCCCCC(OC(N)=O)c1ncc(-c2ccc(OC)cc2)[nH]1. The summed E-state index contributed by atoms with van der Waals surface area (Å²) in [6, 6.07) is 7.67. The second-order valence-corrected chi connectivity index (χ2v) is 5.69. The van der Waals surface area contributed by atoms with Crippen LogP contribution in [0.1, 0.15) is 51.0 Å². The van der Waals surface area contributed by atoms with Gasteiger partial charge in [0.2, 0.25) is 0 Å². The van der Waals surface area contributed by atoms with Crippen LogP contribution in [0.2, 0.25) is 0 Å². The average Bonchev–Trinajstić information content (AvgIpc) is 3.07. The Kier molecular flexibility index (Phi) is 6.66. The van der Waals surface area contributed by atoms with E-state index in [1.54, 1.807) is 13.3 Å². The van der Waals surface area contributed by atoms with Gasteiger partial charge in [0.15, 0.2) is 6.10 Å². The van der Waals surface area contributed by atoms with Gasteiger partial charge in [0.25, 0.3) is 0 Å². The first-order valence-electron chi connectivity index (χ1n) is 8.29. The molecule has 0 saturated carbocycles. The molecule has 2 aromatic rings. The van der Waals surface area contributed by atoms with Crippen molar-refractivity contribution < 1.29 is 14.3 Å². The number of carbonyl (C=O) groups excluding carboxylic acids is 1. The fourth-order valence-electron chi connectivity index (χ4n) is 2.57. The molecule has 0 bridgehead atoms. The number of H-pyrrole nitrogens is 1. The van der Waals surface area contributed by atoms with Crippen LogP contribution in [0.3, 0.4) is 0 Å². The quantitative estimate of drug-likeness (QED) is 0.674. The molecule has 0 saturated heterocycles. The average molecular weight is 331 g/mol. The van der Waals surface area contributed by atoms with Gasteiger partial charge in [0.05, 0.1) is 19.0 Å². The number of carbonyl (C=O) groups is 1. The van der Waals surface area contributed by atoms with Crippen LogP contribution in [-0.2, 0) is 4.74 Å². The molecule has 1 unspecified atom stereocenters. The molecular formula is C18H25N3O3. The number of aromatic amines is 1. The third-order valence-electron chi connectivity index (χ3n) is 3.88. The van der Waals surface area contributed by atoms with Gasteiger partial charge in [-0.25, -0.2) is 9.78 Å². The fourth-order valence-corrected chi connectivity index (χ4v) is 2.57. The van der Waals surface area contributed by atoms with Gasteiger partial charge in [0, 0.05) is 0 Å². The number of unbranched alkanes of at least 4 members (excludes halogenated alkanes) is 3. The molecule has 0 aliphatic rings. The Balaban J connectivity index is 2.09. The number of methoxy groups -OCH3 is 1. The van der Waals surface area contributed by atoms with Crippen molar-refractivity contribution in [1.82, 2.24) is 9.97 Å². The zero-order valence-electron chi connectivity index (χ0n) is 14.2. The van der Waals surface area contributed by atoms with Gasteiger partial charge >= 0.3 is 6.09 Å². The molecule has 6 nitrogen and oxygen atoms in total. The lowest BCUT2D eigenvalue weighted by Crippen LogP contribution is -2.18. The molecular weight excluding hydrogens is 306 g/mol. The van der Waals surface area contributed by atoms with E-state index >= 15 is 0 Å². The van der Waals surface area contributed by atoms with E-state index in [-0.39, 0.29) is 0 Å². The van der Waals surface area contributed by atoms with Crippen LogP contribution in [0.15, 0.2) is 30.5 Å². The molecule has 6 heteroatoms. The summed E-state index contributed by atoms with van der Waals surface area (Å²) in [5, 5.41) is 0. The summed E-state index contributed by atoms with van der Waals surface area (Å²) in [5.41, 5.74) is 7.04. The van der Waals surface area contributed by atoms with Crippen LogP contribution >= 0.6 is 0 Å². The minimum atomic E-state index is -0.780. The number of benzene rings is 1. The Bertz CT molecular complexity index is 637. The maximum absolute atomic E-state index is 11.2. The Hall–Kier alpha value is -2.50. The second kappa shape index (κ2) is 8.96. The fraction of sp³-hybridized carbons (Fsp3) is 0.444. The van der Waals surface area contributed by atoms with E-state index in [0.29, 0.717) is 12.2 Å². The summed E-state index contributed by atoms with van der Waals surface area (Å²) in [6.07, 6.45) is 5.61. The van der Waals surface area contributed by atoms with E-state index in [0.717, 1.165) is 36.3 Å². The number of amides is 1. The first kappa shape index (κ1) is 17.8. The number of aromatic nitrogens is 2. The highest BCUT2D eigenvalue weighted by Gasteiger charge is 2.18. The van der Waals surface area contributed by atoms with E-state index in [2.05, 4.69) is 16.9 Å². The topological polar surface area (TPSA) is 90.2 Å². The number of nitrogens with zero attached hydrogens (tertiary/aromatic N) is 1. The first-order chi connectivity index (χ1) is 11.6. The maximum Gasteiger partial charge on any atom is 0.405 e. The largest absolute Gasteiger partial charge is 0.497 e. The monoisotopic (exact) mass is 331 g/mol. The summed E-state index contributed by atoms with van der Waals surface area (Å²) in [4.78, 5) is 18.8. The predicted octanol–water partition coefficient (Wildman–Crippen LogP) is 4.19. The number of rotatable bonds is 9. The van der Waals surface area contributed by atoms with E-state index < -0.39 is 12.2 Å². The minimum absolute atomic E-state index is 0.439. The van der Waals surface area contributed by atoms with Crippen molar-refractivity contribution in [1.29, 1.82) is 0 Å². The van der Waals surface area contributed by atoms with Crippen molar-refractivity contribution in [2.75, 3.05) is 7.11 Å². The van der Waals surface area contributed by atoms with Crippen LogP contribution in [0, 0.1) is 0 Å². The van der Waals surface area contributed by atoms with Crippen molar-refractivity contribution in [2.24, 2.45) is 5.73 Å². The molecule has 1 heterocycles. The van der Waals surface area contributed by atoms with Crippen LogP contribution in [-0.4, -0.2) is 23.2 Å². The Labute approximate surface area is 142 Å². The third kappa shape index (κ3) is 5.01. The number of hydrogen-bond donors (Lipinski definition) is 2. The second-order valence-electron chi connectivity index (χ2n) is 5.69. The lowest BCUT2D eigenvalue weighted by atomic mass is 10.1. The summed E-state index contributed by atoms with van der Waals surface area (Å²) >= 11 is 0. The summed E-state index contributed by atoms with van der Waals surface area (Å²) < 4.78 is 10.4. The lowest BCUT2D eigenvalue weighted by molar-refractivity contribution is 0.0947. The van der Waals surface area contributed by atoms with Gasteiger partial charge in [-0.3, -0.25) is 0 Å². The number of primary amides is 1. The van der Waals surface area contributed by atoms with Gasteiger partial charge in [-0.05, 0) is 42.7 Å². The van der Waals surface area contributed by atoms with Crippen molar-refractivity contribution in [3.8, 4) is 17.0 Å². The van der Waals surface area contributed by atoms with Crippen molar-refractivity contribution in [2.45, 2.75) is 45.1 Å². The highest BCUT2D eigenvalue weighted by Crippen LogP contribution is 2.26. The van der Waals surface area contributed by atoms with Gasteiger partial charge < -0.3 is 20.2 Å². The predicted molar refractivity (Wildman–Crippen MR) is 92.7 cm³/mol. The highest BCUT2D eigenvalue weighted by atomic mass is 16.6. The smallest absolute Gasteiger partial charge is 0.405 e.